The van der Waals surface area contributed by atoms with Gasteiger partial charge in [-0.2, -0.15) is 0 Å². The summed E-state index contributed by atoms with van der Waals surface area (Å²) in [6.07, 6.45) is 2.63. The number of anilines is 2. The molecule has 0 bridgehead atoms. The van der Waals surface area contributed by atoms with E-state index in [0.29, 0.717) is 42.6 Å². The minimum absolute atomic E-state index is 0.0512. The summed E-state index contributed by atoms with van der Waals surface area (Å²) < 4.78 is 11.5. The molecule has 212 valence electrons. The van der Waals surface area contributed by atoms with Crippen molar-refractivity contribution in [2.24, 2.45) is 0 Å². The average molecular weight is 578 g/mol. The van der Waals surface area contributed by atoms with Crippen LogP contribution in [-0.2, 0) is 16.0 Å². The van der Waals surface area contributed by atoms with Crippen LogP contribution in [0.25, 0.3) is 0 Å². The van der Waals surface area contributed by atoms with Crippen molar-refractivity contribution in [1.82, 2.24) is 9.80 Å². The van der Waals surface area contributed by atoms with Gasteiger partial charge in [0, 0.05) is 51.8 Å². The normalized spacial score (nSPS) is 15.7. The highest BCUT2D eigenvalue weighted by molar-refractivity contribution is 6.43. The van der Waals surface area contributed by atoms with E-state index in [9.17, 15) is 9.59 Å². The van der Waals surface area contributed by atoms with Crippen LogP contribution in [0.5, 0.6) is 5.75 Å². The van der Waals surface area contributed by atoms with E-state index in [1.54, 1.807) is 9.80 Å². The van der Waals surface area contributed by atoms with E-state index in [0.717, 1.165) is 68.3 Å². The van der Waals surface area contributed by atoms with Gasteiger partial charge in [-0.25, -0.2) is 4.79 Å². The van der Waals surface area contributed by atoms with Gasteiger partial charge in [-0.1, -0.05) is 35.3 Å². The summed E-state index contributed by atoms with van der Waals surface area (Å²) in [5.41, 5.74) is 2.82. The number of aryl methyl sites for hydroxylation is 1. The molecular formula is C29H38Cl2N4O4. The number of amides is 2. The van der Waals surface area contributed by atoms with Crippen molar-refractivity contribution in [2.75, 3.05) is 69.0 Å². The van der Waals surface area contributed by atoms with Crippen molar-refractivity contribution in [3.05, 3.63) is 52.0 Å². The van der Waals surface area contributed by atoms with Gasteiger partial charge in [0.1, 0.15) is 5.75 Å². The summed E-state index contributed by atoms with van der Waals surface area (Å²) in [4.78, 5) is 32.8. The third-order valence-corrected chi connectivity index (χ3v) is 8.19. The lowest BCUT2D eigenvalue weighted by Gasteiger charge is -2.36. The smallest absolute Gasteiger partial charge is 0.411 e. The van der Waals surface area contributed by atoms with Crippen LogP contribution in [0.4, 0.5) is 16.2 Å². The maximum atomic E-state index is 12.6. The topological polar surface area (TPSA) is 65.6 Å². The lowest BCUT2D eigenvalue weighted by atomic mass is 10.0. The monoisotopic (exact) mass is 576 g/mol. The maximum absolute atomic E-state index is 12.6. The van der Waals surface area contributed by atoms with Crippen molar-refractivity contribution in [3.8, 4) is 5.75 Å². The van der Waals surface area contributed by atoms with Crippen LogP contribution < -0.4 is 14.5 Å². The van der Waals surface area contributed by atoms with Gasteiger partial charge in [0.25, 0.3) is 0 Å². The van der Waals surface area contributed by atoms with Crippen molar-refractivity contribution >= 4 is 46.6 Å². The first-order valence-electron chi connectivity index (χ1n) is 13.8. The summed E-state index contributed by atoms with van der Waals surface area (Å²) in [5, 5.41) is 1.22. The second-order valence-electron chi connectivity index (χ2n) is 9.78. The van der Waals surface area contributed by atoms with Crippen LogP contribution >= 0.6 is 23.2 Å². The number of piperazine rings is 1. The Morgan fingerprint density at radius 1 is 0.974 bits per heavy atom. The van der Waals surface area contributed by atoms with Crippen molar-refractivity contribution in [1.29, 1.82) is 0 Å². The molecule has 4 rings (SSSR count). The Labute approximate surface area is 241 Å². The number of unbranched alkanes of at least 4 members (excludes halogenated alkanes) is 1. The second-order valence-corrected chi connectivity index (χ2v) is 10.6. The SMILES string of the molecule is CCN(CC)C(=O)OCN1C(=O)CCc2ccc(OCCCCN3CCN(c4cccc(Cl)c4Cl)CC3)cc21. The van der Waals surface area contributed by atoms with Crippen molar-refractivity contribution in [3.63, 3.8) is 0 Å². The zero-order valence-electron chi connectivity index (χ0n) is 22.8. The molecular weight excluding hydrogens is 539 g/mol. The van der Waals surface area contributed by atoms with E-state index < -0.39 is 6.09 Å². The number of hydrogen-bond acceptors (Lipinski definition) is 6. The zero-order chi connectivity index (χ0) is 27.8. The first-order chi connectivity index (χ1) is 18.9. The lowest BCUT2D eigenvalue weighted by molar-refractivity contribution is -0.119. The molecule has 0 aliphatic carbocycles. The van der Waals surface area contributed by atoms with E-state index in [4.69, 9.17) is 32.7 Å². The lowest BCUT2D eigenvalue weighted by Crippen LogP contribution is -2.46. The molecule has 10 heteroatoms. The fourth-order valence-corrected chi connectivity index (χ4v) is 5.43. The first kappa shape index (κ1) is 29.3. The van der Waals surface area contributed by atoms with Crippen LogP contribution in [0.3, 0.4) is 0 Å². The largest absolute Gasteiger partial charge is 0.494 e. The molecule has 1 fully saturated rings. The molecule has 2 aliphatic heterocycles. The molecule has 39 heavy (non-hydrogen) atoms. The summed E-state index contributed by atoms with van der Waals surface area (Å²) in [7, 11) is 0. The molecule has 2 aromatic carbocycles. The highest BCUT2D eigenvalue weighted by Gasteiger charge is 2.26. The Morgan fingerprint density at radius 3 is 2.49 bits per heavy atom. The molecule has 0 saturated carbocycles. The Bertz CT molecular complexity index is 1140. The van der Waals surface area contributed by atoms with E-state index in [1.165, 1.54) is 0 Å². The average Bonchev–Trinajstić information content (AvgIpc) is 2.95. The number of rotatable bonds is 11. The van der Waals surface area contributed by atoms with Gasteiger partial charge in [0.2, 0.25) is 5.91 Å². The van der Waals surface area contributed by atoms with Crippen molar-refractivity contribution in [2.45, 2.75) is 39.5 Å². The zero-order valence-corrected chi connectivity index (χ0v) is 24.3. The predicted molar refractivity (Wildman–Crippen MR) is 156 cm³/mol. The molecule has 2 aromatic rings. The Kier molecular flexibility index (Phi) is 10.6. The molecule has 8 nitrogen and oxygen atoms in total. The minimum Gasteiger partial charge on any atom is -0.494 e. The fourth-order valence-electron chi connectivity index (χ4n) is 5.02. The van der Waals surface area contributed by atoms with Crippen LogP contribution in [0.15, 0.2) is 36.4 Å². The third-order valence-electron chi connectivity index (χ3n) is 7.38. The quantitative estimate of drug-likeness (QED) is 0.320. The highest BCUT2D eigenvalue weighted by Crippen LogP contribution is 2.33. The number of carbonyl (C=O) groups excluding carboxylic acids is 2. The van der Waals surface area contributed by atoms with E-state index in [-0.39, 0.29) is 12.6 Å². The molecule has 1 saturated heterocycles. The third kappa shape index (κ3) is 7.50. The molecule has 2 amide bonds. The number of benzene rings is 2. The summed E-state index contributed by atoms with van der Waals surface area (Å²) in [5.74, 6) is 0.667. The molecule has 0 unspecified atom stereocenters. The van der Waals surface area contributed by atoms with Crippen molar-refractivity contribution < 1.29 is 19.1 Å². The number of ether oxygens (including phenoxy) is 2. The molecule has 0 radical (unpaired) electrons. The molecule has 0 N–H and O–H groups in total. The predicted octanol–water partition coefficient (Wildman–Crippen LogP) is 5.69. The number of halogens is 2. The van der Waals surface area contributed by atoms with Gasteiger partial charge in [-0.3, -0.25) is 14.6 Å². The Morgan fingerprint density at radius 2 is 1.74 bits per heavy atom. The van der Waals surface area contributed by atoms with Gasteiger partial charge in [0.05, 0.1) is 28.0 Å². The Balaban J connectivity index is 1.21. The summed E-state index contributed by atoms with van der Waals surface area (Å²) in [6.45, 7) is 10.3. The number of hydrogen-bond donors (Lipinski definition) is 0. The van der Waals surface area contributed by atoms with Gasteiger partial charge in [0.15, 0.2) is 6.73 Å². The second kappa shape index (κ2) is 14.1. The Hall–Kier alpha value is -2.68. The number of nitrogens with zero attached hydrogens (tertiary/aromatic N) is 4. The first-order valence-corrected chi connectivity index (χ1v) is 14.6. The van der Waals surface area contributed by atoms with Gasteiger partial charge >= 0.3 is 6.09 Å². The molecule has 0 aromatic heterocycles. The van der Waals surface area contributed by atoms with Crippen LogP contribution in [0.1, 0.15) is 38.7 Å². The van der Waals surface area contributed by atoms with Crippen LogP contribution in [-0.4, -0.2) is 81.0 Å². The van der Waals surface area contributed by atoms with Gasteiger partial charge in [-0.15, -0.1) is 0 Å². The summed E-state index contributed by atoms with van der Waals surface area (Å²) in [6, 6.07) is 11.6. The van der Waals surface area contributed by atoms with Crippen LogP contribution in [0, 0.1) is 0 Å². The van der Waals surface area contributed by atoms with Crippen LogP contribution in [0.2, 0.25) is 10.0 Å². The number of fused-ring (bicyclic) bond motifs is 1. The standard InChI is InChI=1S/C29H38Cl2N4O4/c1-3-33(4-2)29(37)39-21-35-26-20-23(12-10-22(26)11-13-27(35)36)38-19-6-5-14-32-15-17-34(18-16-32)25-9-7-8-24(30)28(25)31/h7-10,12,20H,3-6,11,13-19,21H2,1-2H3. The van der Waals surface area contributed by atoms with E-state index in [2.05, 4.69) is 9.80 Å². The van der Waals surface area contributed by atoms with E-state index >= 15 is 0 Å². The highest BCUT2D eigenvalue weighted by atomic mass is 35.5. The fraction of sp³-hybridized carbons (Fsp3) is 0.517. The molecule has 0 spiro atoms. The number of carbonyl (C=O) groups is 2. The molecule has 2 aliphatic rings. The van der Waals surface area contributed by atoms with Gasteiger partial charge in [-0.05, 0) is 63.4 Å². The molecule has 0 atom stereocenters. The molecule has 2 heterocycles. The maximum Gasteiger partial charge on any atom is 0.411 e. The van der Waals surface area contributed by atoms with Gasteiger partial charge < -0.3 is 19.3 Å². The summed E-state index contributed by atoms with van der Waals surface area (Å²) >= 11 is 12.6. The minimum atomic E-state index is -0.415. The van der Waals surface area contributed by atoms with E-state index in [1.807, 2.05) is 50.2 Å².